The minimum absolute atomic E-state index is 0.232. The number of para-hydroxylation sites is 3. The number of aliphatic imine (C=N–C) groups is 1. The van der Waals surface area contributed by atoms with Crippen LogP contribution in [0, 0.1) is 0 Å². The Morgan fingerprint density at radius 3 is 1.95 bits per heavy atom. The Bertz CT molecular complexity index is 3320. The van der Waals surface area contributed by atoms with E-state index in [2.05, 4.69) is 185 Å². The fraction of sp³-hybridized carbons (Fsp3) is 0.0392. The molecule has 0 amide bonds. The highest BCUT2D eigenvalue weighted by molar-refractivity contribution is 6.16. The molecule has 270 valence electrons. The van der Waals surface area contributed by atoms with Gasteiger partial charge in [0.1, 0.15) is 40.5 Å². The van der Waals surface area contributed by atoms with Crippen molar-refractivity contribution >= 4 is 71.5 Å². The maximum Gasteiger partial charge on any atom is 0.143 e. The van der Waals surface area contributed by atoms with E-state index in [1.165, 1.54) is 21.8 Å². The van der Waals surface area contributed by atoms with Crippen LogP contribution in [0.25, 0.3) is 82.5 Å². The second kappa shape index (κ2) is 12.6. The van der Waals surface area contributed by atoms with Gasteiger partial charge < -0.3 is 18.7 Å². The summed E-state index contributed by atoms with van der Waals surface area (Å²) in [4.78, 5) is 5.14. The summed E-state index contributed by atoms with van der Waals surface area (Å²) < 4.78 is 15.8. The van der Waals surface area contributed by atoms with Gasteiger partial charge in [-0.25, -0.2) is 4.99 Å². The molecule has 3 aromatic heterocycles. The molecular formula is C51H34N4O2. The number of furan rings is 2. The monoisotopic (exact) mass is 734 g/mol. The van der Waals surface area contributed by atoms with Crippen LogP contribution in [0.5, 0.6) is 0 Å². The third-order valence-electron chi connectivity index (χ3n) is 11.5. The number of rotatable bonds is 5. The largest absolute Gasteiger partial charge is 0.456 e. The molecule has 2 atom stereocenters. The Labute approximate surface area is 327 Å². The number of benzene rings is 8. The molecule has 0 radical (unpaired) electrons. The first-order chi connectivity index (χ1) is 28.3. The number of aromatic nitrogens is 1. The van der Waals surface area contributed by atoms with E-state index in [4.69, 9.17) is 13.8 Å². The summed E-state index contributed by atoms with van der Waals surface area (Å²) >= 11 is 0. The lowest BCUT2D eigenvalue weighted by molar-refractivity contribution is 0.411. The van der Waals surface area contributed by atoms with Crippen molar-refractivity contribution in [2.45, 2.75) is 12.3 Å². The van der Waals surface area contributed by atoms with Gasteiger partial charge in [0.05, 0.1) is 22.1 Å². The normalized spacial score (nSPS) is 15.9. The summed E-state index contributed by atoms with van der Waals surface area (Å²) in [5, 5.41) is 14.3. The van der Waals surface area contributed by atoms with E-state index in [0.717, 1.165) is 83.2 Å². The van der Waals surface area contributed by atoms with E-state index in [9.17, 15) is 0 Å². The lowest BCUT2D eigenvalue weighted by atomic mass is 9.98. The van der Waals surface area contributed by atoms with Gasteiger partial charge in [-0.15, -0.1) is 0 Å². The molecular weight excluding hydrogens is 701 g/mol. The van der Waals surface area contributed by atoms with Crippen LogP contribution in [-0.4, -0.2) is 10.4 Å². The van der Waals surface area contributed by atoms with Gasteiger partial charge >= 0.3 is 0 Å². The van der Waals surface area contributed by atoms with Crippen molar-refractivity contribution in [1.82, 2.24) is 15.2 Å². The SMILES string of the molecule is c1ccc(C2=NC(c3ccccc3)NC(c3cccc4oc5c(-c6ccc7oc8cccc(-n9c%10ccccc%10c%10ccccc%109)c8c7c6)cccc5c34)N2)cc1. The van der Waals surface area contributed by atoms with Crippen LogP contribution in [0.15, 0.2) is 196 Å². The van der Waals surface area contributed by atoms with Gasteiger partial charge in [0.25, 0.3) is 0 Å². The zero-order valence-electron chi connectivity index (χ0n) is 30.7. The van der Waals surface area contributed by atoms with Crippen LogP contribution in [0.4, 0.5) is 0 Å². The van der Waals surface area contributed by atoms with Crippen molar-refractivity contribution in [3.8, 4) is 16.8 Å². The summed E-state index contributed by atoms with van der Waals surface area (Å²) in [6.45, 7) is 0. The molecule has 4 heterocycles. The number of hydrogen-bond donors (Lipinski definition) is 2. The van der Waals surface area contributed by atoms with Crippen molar-refractivity contribution in [2.75, 3.05) is 0 Å². The van der Waals surface area contributed by atoms with Crippen molar-refractivity contribution in [3.63, 3.8) is 0 Å². The summed E-state index contributed by atoms with van der Waals surface area (Å²) in [6.07, 6.45) is -0.468. The quantitative estimate of drug-likeness (QED) is 0.185. The first-order valence-corrected chi connectivity index (χ1v) is 19.4. The van der Waals surface area contributed by atoms with Gasteiger partial charge in [0.2, 0.25) is 0 Å². The summed E-state index contributed by atoms with van der Waals surface area (Å²) in [5.41, 5.74) is 12.1. The summed E-state index contributed by atoms with van der Waals surface area (Å²) in [7, 11) is 0. The second-order valence-corrected chi connectivity index (χ2v) is 14.7. The number of fused-ring (bicyclic) bond motifs is 9. The molecule has 2 N–H and O–H groups in total. The molecule has 1 aliphatic rings. The average molecular weight is 735 g/mol. The highest BCUT2D eigenvalue weighted by atomic mass is 16.3. The Morgan fingerprint density at radius 1 is 0.491 bits per heavy atom. The highest BCUT2D eigenvalue weighted by Crippen LogP contribution is 2.43. The van der Waals surface area contributed by atoms with Gasteiger partial charge in [-0.3, -0.25) is 5.32 Å². The Kier molecular flexibility index (Phi) is 7.03. The first-order valence-electron chi connectivity index (χ1n) is 19.4. The van der Waals surface area contributed by atoms with Crippen LogP contribution in [-0.2, 0) is 0 Å². The minimum atomic E-state index is -0.236. The van der Waals surface area contributed by atoms with Crippen LogP contribution >= 0.6 is 0 Å². The lowest BCUT2D eigenvalue weighted by Crippen LogP contribution is -2.45. The number of nitrogens with zero attached hydrogens (tertiary/aromatic N) is 2. The van der Waals surface area contributed by atoms with Crippen molar-refractivity contribution in [2.24, 2.45) is 4.99 Å². The van der Waals surface area contributed by atoms with E-state index in [1.807, 2.05) is 12.1 Å². The van der Waals surface area contributed by atoms with Crippen LogP contribution in [0.2, 0.25) is 0 Å². The maximum atomic E-state index is 6.84. The van der Waals surface area contributed by atoms with Crippen LogP contribution in [0.1, 0.15) is 29.0 Å². The Balaban J connectivity index is 1.02. The van der Waals surface area contributed by atoms with E-state index in [-0.39, 0.29) is 12.3 Å². The molecule has 1 aliphatic heterocycles. The fourth-order valence-corrected chi connectivity index (χ4v) is 8.95. The molecule has 0 aliphatic carbocycles. The lowest BCUT2D eigenvalue weighted by Gasteiger charge is -2.32. The van der Waals surface area contributed by atoms with E-state index in [1.54, 1.807) is 0 Å². The molecule has 57 heavy (non-hydrogen) atoms. The Morgan fingerprint density at radius 2 is 1.16 bits per heavy atom. The minimum Gasteiger partial charge on any atom is -0.456 e. The van der Waals surface area contributed by atoms with Crippen molar-refractivity contribution in [3.05, 3.63) is 199 Å². The first kappa shape index (κ1) is 31.9. The molecule has 0 saturated carbocycles. The van der Waals surface area contributed by atoms with Gasteiger partial charge in [0, 0.05) is 43.6 Å². The van der Waals surface area contributed by atoms with Crippen LogP contribution < -0.4 is 10.6 Å². The van der Waals surface area contributed by atoms with Gasteiger partial charge in [-0.2, -0.15) is 0 Å². The molecule has 8 aromatic carbocycles. The van der Waals surface area contributed by atoms with E-state index >= 15 is 0 Å². The molecule has 0 saturated heterocycles. The average Bonchev–Trinajstić information content (AvgIpc) is 3.96. The molecule has 6 heteroatoms. The predicted molar refractivity (Wildman–Crippen MR) is 232 cm³/mol. The fourth-order valence-electron chi connectivity index (χ4n) is 8.95. The third kappa shape index (κ3) is 4.98. The topological polar surface area (TPSA) is 67.6 Å². The second-order valence-electron chi connectivity index (χ2n) is 14.7. The molecule has 0 spiro atoms. The maximum absolute atomic E-state index is 6.84. The molecule has 6 nitrogen and oxygen atoms in total. The van der Waals surface area contributed by atoms with Gasteiger partial charge in [-0.05, 0) is 53.6 Å². The standard InChI is InChI=1S/C51H34N4O2/c1-3-14-31(15-4-1)49-52-50(32-16-5-2-6-17-32)54-51(53-49)38-22-12-26-44-46(38)37-21-11-20-34(48(37)57-44)33-28-29-43-39(30-33)47-42(25-13-27-45(47)56-43)55-40-23-9-7-18-35(40)36-19-8-10-24-41(36)55/h1-30,49,51,53H,(H,52,54). The zero-order chi connectivity index (χ0) is 37.5. The van der Waals surface area contributed by atoms with Crippen molar-refractivity contribution in [1.29, 1.82) is 0 Å². The smallest absolute Gasteiger partial charge is 0.143 e. The molecule has 11 aromatic rings. The number of amidine groups is 1. The van der Waals surface area contributed by atoms with E-state index in [0.29, 0.717) is 0 Å². The Hall–Kier alpha value is -7.41. The molecule has 0 bridgehead atoms. The van der Waals surface area contributed by atoms with Gasteiger partial charge in [-0.1, -0.05) is 140 Å². The predicted octanol–water partition coefficient (Wildman–Crippen LogP) is 12.6. The molecule has 0 fully saturated rings. The molecule has 12 rings (SSSR count). The molecule has 2 unspecified atom stereocenters. The third-order valence-corrected chi connectivity index (χ3v) is 11.5. The number of hydrogen-bond acceptors (Lipinski definition) is 5. The van der Waals surface area contributed by atoms with Crippen LogP contribution in [0.3, 0.4) is 0 Å². The van der Waals surface area contributed by atoms with E-state index < -0.39 is 0 Å². The van der Waals surface area contributed by atoms with Gasteiger partial charge in [0.15, 0.2) is 0 Å². The van der Waals surface area contributed by atoms with Crippen molar-refractivity contribution < 1.29 is 8.83 Å². The highest BCUT2D eigenvalue weighted by Gasteiger charge is 2.28. The zero-order valence-corrected chi connectivity index (χ0v) is 30.7. The summed E-state index contributed by atoms with van der Waals surface area (Å²) in [6, 6.07) is 63.7. The summed E-state index contributed by atoms with van der Waals surface area (Å²) in [5.74, 6) is 0.847. The number of nitrogens with one attached hydrogen (secondary N) is 2.